The Morgan fingerprint density at radius 2 is 1.83 bits per heavy atom. The predicted molar refractivity (Wildman–Crippen MR) is 85.5 cm³/mol. The summed E-state index contributed by atoms with van der Waals surface area (Å²) in [6.07, 6.45) is 2.85. The molecule has 0 unspecified atom stereocenters. The van der Waals surface area contributed by atoms with Crippen LogP contribution in [-0.2, 0) is 9.53 Å². The molecule has 0 N–H and O–H groups in total. The summed E-state index contributed by atoms with van der Waals surface area (Å²) in [7, 11) is 0. The van der Waals surface area contributed by atoms with E-state index in [1.807, 2.05) is 27.7 Å². The van der Waals surface area contributed by atoms with Gasteiger partial charge in [-0.1, -0.05) is 12.8 Å². The number of hydrogen-bond donors (Lipinski definition) is 0. The van der Waals surface area contributed by atoms with E-state index in [0.29, 0.717) is 32.5 Å². The molecule has 0 bridgehead atoms. The SMILES string of the molecule is C[C@H]1CN(C(=O)C2(C#N)CCCC2)CCN1C(=O)OC(C)(C)C. The van der Waals surface area contributed by atoms with Gasteiger partial charge >= 0.3 is 6.09 Å². The minimum atomic E-state index is -0.839. The maximum absolute atomic E-state index is 12.8. The van der Waals surface area contributed by atoms with Crippen LogP contribution in [-0.4, -0.2) is 53.1 Å². The summed E-state index contributed by atoms with van der Waals surface area (Å²) in [5.74, 6) is -0.0619. The van der Waals surface area contributed by atoms with E-state index in [4.69, 9.17) is 4.74 Å². The summed E-state index contributed by atoms with van der Waals surface area (Å²) in [6, 6.07) is 2.15. The van der Waals surface area contributed by atoms with Crippen LogP contribution in [0.15, 0.2) is 0 Å². The van der Waals surface area contributed by atoms with Gasteiger partial charge in [0, 0.05) is 25.7 Å². The Hall–Kier alpha value is -1.77. The van der Waals surface area contributed by atoms with Gasteiger partial charge < -0.3 is 14.5 Å². The van der Waals surface area contributed by atoms with Crippen molar-refractivity contribution in [2.45, 2.75) is 65.0 Å². The van der Waals surface area contributed by atoms with E-state index in [1.54, 1.807) is 9.80 Å². The van der Waals surface area contributed by atoms with Gasteiger partial charge in [-0.2, -0.15) is 5.26 Å². The fraction of sp³-hybridized carbons (Fsp3) is 0.824. The van der Waals surface area contributed by atoms with Gasteiger partial charge in [-0.15, -0.1) is 0 Å². The van der Waals surface area contributed by atoms with Crippen molar-refractivity contribution in [2.75, 3.05) is 19.6 Å². The van der Waals surface area contributed by atoms with Crippen LogP contribution in [0.25, 0.3) is 0 Å². The van der Waals surface area contributed by atoms with Gasteiger partial charge in [0.05, 0.1) is 6.07 Å². The highest BCUT2D eigenvalue weighted by atomic mass is 16.6. The second kappa shape index (κ2) is 6.38. The van der Waals surface area contributed by atoms with Crippen molar-refractivity contribution in [3.63, 3.8) is 0 Å². The first-order valence-corrected chi connectivity index (χ1v) is 8.39. The Morgan fingerprint density at radius 1 is 1.22 bits per heavy atom. The summed E-state index contributed by atoms with van der Waals surface area (Å²) in [6.45, 7) is 8.80. The highest BCUT2D eigenvalue weighted by Crippen LogP contribution is 2.39. The molecular weight excluding hydrogens is 294 g/mol. The van der Waals surface area contributed by atoms with E-state index in [-0.39, 0.29) is 18.0 Å². The summed E-state index contributed by atoms with van der Waals surface area (Å²) in [4.78, 5) is 28.4. The maximum Gasteiger partial charge on any atom is 0.410 e. The first kappa shape index (κ1) is 17.6. The summed E-state index contributed by atoms with van der Waals surface area (Å²) < 4.78 is 5.42. The number of carbonyl (C=O) groups is 2. The molecular formula is C17H27N3O3. The monoisotopic (exact) mass is 321 g/mol. The lowest BCUT2D eigenvalue weighted by atomic mass is 9.86. The van der Waals surface area contributed by atoms with Crippen LogP contribution < -0.4 is 0 Å². The Bertz CT molecular complexity index is 512. The van der Waals surface area contributed by atoms with Crippen LogP contribution in [0.2, 0.25) is 0 Å². The predicted octanol–water partition coefficient (Wildman–Crippen LogP) is 2.54. The lowest BCUT2D eigenvalue weighted by Gasteiger charge is -2.42. The van der Waals surface area contributed by atoms with Gasteiger partial charge in [-0.05, 0) is 40.5 Å². The molecule has 2 rings (SSSR count). The number of piperazine rings is 1. The zero-order chi connectivity index (χ0) is 17.3. The van der Waals surface area contributed by atoms with E-state index in [9.17, 15) is 14.9 Å². The van der Waals surface area contributed by atoms with Gasteiger partial charge in [0.2, 0.25) is 5.91 Å². The minimum absolute atomic E-state index is 0.0619. The van der Waals surface area contributed by atoms with Crippen molar-refractivity contribution in [2.24, 2.45) is 5.41 Å². The molecule has 0 aromatic rings. The second-order valence-corrected chi connectivity index (χ2v) is 7.67. The van der Waals surface area contributed by atoms with Crippen LogP contribution in [0.5, 0.6) is 0 Å². The fourth-order valence-corrected chi connectivity index (χ4v) is 3.39. The van der Waals surface area contributed by atoms with Crippen LogP contribution >= 0.6 is 0 Å². The van der Waals surface area contributed by atoms with E-state index >= 15 is 0 Å². The molecule has 1 heterocycles. The molecule has 6 nitrogen and oxygen atoms in total. The summed E-state index contributed by atoms with van der Waals surface area (Å²) >= 11 is 0. The van der Waals surface area contributed by atoms with Crippen LogP contribution in [0.4, 0.5) is 4.79 Å². The molecule has 23 heavy (non-hydrogen) atoms. The molecule has 1 saturated carbocycles. The molecule has 2 aliphatic rings. The number of nitriles is 1. The second-order valence-electron chi connectivity index (χ2n) is 7.67. The molecule has 0 aromatic carbocycles. The van der Waals surface area contributed by atoms with Crippen molar-refractivity contribution < 1.29 is 14.3 Å². The van der Waals surface area contributed by atoms with Gasteiger partial charge in [0.1, 0.15) is 11.0 Å². The van der Waals surface area contributed by atoms with Crippen LogP contribution in [0.3, 0.4) is 0 Å². The van der Waals surface area contributed by atoms with Gasteiger partial charge in [-0.3, -0.25) is 4.79 Å². The average molecular weight is 321 g/mol. The number of rotatable bonds is 1. The molecule has 2 fully saturated rings. The quantitative estimate of drug-likeness (QED) is 0.744. The number of carbonyl (C=O) groups excluding carboxylic acids is 2. The third-order valence-electron chi connectivity index (χ3n) is 4.62. The molecule has 0 spiro atoms. The van der Waals surface area contributed by atoms with E-state index in [1.165, 1.54) is 0 Å². The van der Waals surface area contributed by atoms with Crippen molar-refractivity contribution in [3.05, 3.63) is 0 Å². The van der Waals surface area contributed by atoms with E-state index < -0.39 is 11.0 Å². The number of ether oxygens (including phenoxy) is 1. The summed E-state index contributed by atoms with van der Waals surface area (Å²) in [5, 5.41) is 9.47. The van der Waals surface area contributed by atoms with Crippen molar-refractivity contribution >= 4 is 12.0 Å². The highest BCUT2D eigenvalue weighted by Gasteiger charge is 2.45. The summed E-state index contributed by atoms with van der Waals surface area (Å²) in [5.41, 5.74) is -1.37. The average Bonchev–Trinajstić information content (AvgIpc) is 2.94. The van der Waals surface area contributed by atoms with E-state index in [2.05, 4.69) is 6.07 Å². The van der Waals surface area contributed by atoms with Crippen LogP contribution in [0, 0.1) is 16.7 Å². The number of hydrogen-bond acceptors (Lipinski definition) is 4. The molecule has 2 amide bonds. The first-order valence-electron chi connectivity index (χ1n) is 8.39. The molecule has 0 radical (unpaired) electrons. The molecule has 0 aromatic heterocycles. The van der Waals surface area contributed by atoms with Crippen molar-refractivity contribution in [1.29, 1.82) is 5.26 Å². The maximum atomic E-state index is 12.8. The van der Waals surface area contributed by atoms with Gasteiger partial charge in [0.25, 0.3) is 0 Å². The van der Waals surface area contributed by atoms with Crippen molar-refractivity contribution in [1.82, 2.24) is 9.80 Å². The molecule has 128 valence electrons. The highest BCUT2D eigenvalue weighted by molar-refractivity contribution is 5.86. The standard InChI is InChI=1S/C17H27N3O3/c1-13-11-19(14(21)17(12-18)7-5-6-8-17)9-10-20(13)15(22)23-16(2,3)4/h13H,5-11H2,1-4H3/t13-/m0/s1. The molecule has 1 aliphatic carbocycles. The smallest absolute Gasteiger partial charge is 0.410 e. The third kappa shape index (κ3) is 3.77. The zero-order valence-electron chi connectivity index (χ0n) is 14.6. The lowest BCUT2D eigenvalue weighted by molar-refractivity contribution is -0.141. The van der Waals surface area contributed by atoms with Crippen LogP contribution in [0.1, 0.15) is 53.4 Å². The molecule has 1 aliphatic heterocycles. The lowest BCUT2D eigenvalue weighted by Crippen LogP contribution is -2.58. The Kier molecular flexibility index (Phi) is 4.88. The normalized spacial score (nSPS) is 24.2. The van der Waals surface area contributed by atoms with Crippen molar-refractivity contribution in [3.8, 4) is 6.07 Å². The Labute approximate surface area is 138 Å². The number of amides is 2. The topological polar surface area (TPSA) is 73.6 Å². The molecule has 6 heteroatoms. The zero-order valence-corrected chi connectivity index (χ0v) is 14.6. The Morgan fingerprint density at radius 3 is 2.30 bits per heavy atom. The minimum Gasteiger partial charge on any atom is -0.444 e. The van der Waals surface area contributed by atoms with E-state index in [0.717, 1.165) is 12.8 Å². The third-order valence-corrected chi connectivity index (χ3v) is 4.62. The fourth-order valence-electron chi connectivity index (χ4n) is 3.39. The van der Waals surface area contributed by atoms with Gasteiger partial charge in [0.15, 0.2) is 0 Å². The molecule has 1 atom stereocenters. The largest absolute Gasteiger partial charge is 0.444 e. The van der Waals surface area contributed by atoms with Gasteiger partial charge in [-0.25, -0.2) is 4.79 Å². The first-order chi connectivity index (χ1) is 10.7. The Balaban J connectivity index is 2.00. The number of nitrogens with zero attached hydrogens (tertiary/aromatic N) is 3. The molecule has 1 saturated heterocycles.